The van der Waals surface area contributed by atoms with E-state index in [9.17, 15) is 4.79 Å². The third kappa shape index (κ3) is 3.08. The van der Waals surface area contributed by atoms with Crippen LogP contribution in [0.5, 0.6) is 0 Å². The summed E-state index contributed by atoms with van der Waals surface area (Å²) >= 11 is 15.4. The lowest BCUT2D eigenvalue weighted by Gasteiger charge is -2.09. The lowest BCUT2D eigenvalue weighted by atomic mass is 10.3. The number of amides is 1. The van der Waals surface area contributed by atoms with Crippen molar-refractivity contribution in [3.63, 3.8) is 0 Å². The van der Waals surface area contributed by atoms with Crippen LogP contribution in [0.25, 0.3) is 0 Å². The summed E-state index contributed by atoms with van der Waals surface area (Å²) in [4.78, 5) is 12.2. The standard InChI is InChI=1S/C12H11BrCl2N4O/c1-2-19-5-9(16)11(18-19)12(20)17-10-7(14)3-6(13)4-8(10)15/h3-5H,2,16H2,1H3,(H,17,20). The number of carbonyl (C=O) groups is 1. The number of nitrogens with zero attached hydrogens (tertiary/aromatic N) is 2. The number of benzene rings is 1. The Kier molecular flexibility index (Phi) is 4.57. The van der Waals surface area contributed by atoms with Crippen molar-refractivity contribution in [1.82, 2.24) is 9.78 Å². The fourth-order valence-electron chi connectivity index (χ4n) is 1.61. The highest BCUT2D eigenvalue weighted by molar-refractivity contribution is 9.10. The molecule has 0 aliphatic rings. The average Bonchev–Trinajstić information content (AvgIpc) is 2.75. The van der Waals surface area contributed by atoms with Crippen molar-refractivity contribution in [3.05, 3.63) is 38.5 Å². The van der Waals surface area contributed by atoms with Crippen LogP contribution in [0, 0.1) is 0 Å². The predicted molar refractivity (Wildman–Crippen MR) is 84.4 cm³/mol. The summed E-state index contributed by atoms with van der Waals surface area (Å²) in [7, 11) is 0. The SMILES string of the molecule is CCn1cc(N)c(C(=O)Nc2c(Cl)cc(Br)cc2Cl)n1. The zero-order valence-corrected chi connectivity index (χ0v) is 13.6. The Morgan fingerprint density at radius 2 is 2.05 bits per heavy atom. The number of hydrogen-bond donors (Lipinski definition) is 2. The van der Waals surface area contributed by atoms with Crippen LogP contribution in [0.3, 0.4) is 0 Å². The predicted octanol–water partition coefficient (Wildman–Crippen LogP) is 3.81. The number of aromatic nitrogens is 2. The minimum absolute atomic E-state index is 0.141. The third-order valence-electron chi connectivity index (χ3n) is 2.57. The minimum Gasteiger partial charge on any atom is -0.396 e. The number of hydrogen-bond acceptors (Lipinski definition) is 3. The molecular weight excluding hydrogens is 367 g/mol. The first-order valence-corrected chi connectivity index (χ1v) is 7.26. The number of carbonyl (C=O) groups excluding carboxylic acids is 1. The second-order valence-electron chi connectivity index (χ2n) is 3.99. The van der Waals surface area contributed by atoms with Gasteiger partial charge in [-0.2, -0.15) is 5.10 Å². The number of nitrogen functional groups attached to an aromatic ring is 1. The molecule has 0 fully saturated rings. The van der Waals surface area contributed by atoms with Gasteiger partial charge in [0.15, 0.2) is 5.69 Å². The molecule has 5 nitrogen and oxygen atoms in total. The number of rotatable bonds is 3. The van der Waals surface area contributed by atoms with Gasteiger partial charge in [0.1, 0.15) is 0 Å². The molecule has 1 amide bonds. The molecule has 0 atom stereocenters. The van der Waals surface area contributed by atoms with Crippen molar-refractivity contribution < 1.29 is 4.79 Å². The molecule has 2 aromatic rings. The van der Waals surface area contributed by atoms with Crippen LogP contribution in [0.1, 0.15) is 17.4 Å². The van der Waals surface area contributed by atoms with Crippen molar-refractivity contribution >= 4 is 56.4 Å². The Labute approximate surface area is 134 Å². The fraction of sp³-hybridized carbons (Fsp3) is 0.167. The normalized spacial score (nSPS) is 10.6. The molecule has 1 aromatic carbocycles. The maximum atomic E-state index is 12.2. The molecular formula is C12H11BrCl2N4O. The summed E-state index contributed by atoms with van der Waals surface area (Å²) in [5.74, 6) is -0.458. The third-order valence-corrected chi connectivity index (χ3v) is 3.63. The van der Waals surface area contributed by atoms with E-state index >= 15 is 0 Å². The molecule has 20 heavy (non-hydrogen) atoms. The first-order valence-electron chi connectivity index (χ1n) is 5.71. The highest BCUT2D eigenvalue weighted by Crippen LogP contribution is 2.34. The lowest BCUT2D eigenvalue weighted by molar-refractivity contribution is 0.102. The monoisotopic (exact) mass is 376 g/mol. The molecule has 106 valence electrons. The maximum absolute atomic E-state index is 12.2. The van der Waals surface area contributed by atoms with Crippen LogP contribution >= 0.6 is 39.1 Å². The van der Waals surface area contributed by atoms with Crippen LogP contribution in [-0.2, 0) is 6.54 Å². The summed E-state index contributed by atoms with van der Waals surface area (Å²) < 4.78 is 2.30. The van der Waals surface area contributed by atoms with Crippen LogP contribution in [0.2, 0.25) is 10.0 Å². The molecule has 0 spiro atoms. The lowest BCUT2D eigenvalue weighted by Crippen LogP contribution is -2.15. The molecule has 0 aliphatic carbocycles. The zero-order valence-electron chi connectivity index (χ0n) is 10.5. The summed E-state index contributed by atoms with van der Waals surface area (Å²) in [6.45, 7) is 2.52. The van der Waals surface area contributed by atoms with E-state index < -0.39 is 5.91 Å². The molecule has 2 rings (SSSR count). The highest BCUT2D eigenvalue weighted by atomic mass is 79.9. The first kappa shape index (κ1) is 15.2. The van der Waals surface area contributed by atoms with Gasteiger partial charge in [-0.05, 0) is 19.1 Å². The molecule has 3 N–H and O–H groups in total. The van der Waals surface area contributed by atoms with Crippen molar-refractivity contribution in [2.75, 3.05) is 11.1 Å². The Bertz CT molecular complexity index is 648. The van der Waals surface area contributed by atoms with E-state index in [2.05, 4.69) is 26.3 Å². The van der Waals surface area contributed by atoms with Gasteiger partial charge in [0, 0.05) is 17.2 Å². The van der Waals surface area contributed by atoms with Gasteiger partial charge < -0.3 is 11.1 Å². The number of halogens is 3. The molecule has 0 saturated heterocycles. The van der Waals surface area contributed by atoms with Gasteiger partial charge in [-0.3, -0.25) is 9.48 Å². The summed E-state index contributed by atoms with van der Waals surface area (Å²) in [5.41, 5.74) is 6.52. The molecule has 8 heteroatoms. The smallest absolute Gasteiger partial charge is 0.278 e. The van der Waals surface area contributed by atoms with E-state index in [0.717, 1.165) is 4.47 Å². The van der Waals surface area contributed by atoms with E-state index in [1.807, 2.05) is 6.92 Å². The zero-order chi connectivity index (χ0) is 14.9. The van der Waals surface area contributed by atoms with E-state index in [0.29, 0.717) is 28.0 Å². The van der Waals surface area contributed by atoms with Crippen LogP contribution in [0.15, 0.2) is 22.8 Å². The van der Waals surface area contributed by atoms with E-state index in [4.69, 9.17) is 28.9 Å². The van der Waals surface area contributed by atoms with Crippen LogP contribution in [0.4, 0.5) is 11.4 Å². The number of nitrogens with one attached hydrogen (secondary N) is 1. The van der Waals surface area contributed by atoms with E-state index in [1.165, 1.54) is 0 Å². The second kappa shape index (κ2) is 6.03. The molecule has 0 bridgehead atoms. The van der Waals surface area contributed by atoms with Crippen LogP contribution in [-0.4, -0.2) is 15.7 Å². The van der Waals surface area contributed by atoms with Gasteiger partial charge in [-0.1, -0.05) is 39.1 Å². The minimum atomic E-state index is -0.458. The van der Waals surface area contributed by atoms with Gasteiger partial charge in [0.05, 0.1) is 21.4 Å². The van der Waals surface area contributed by atoms with Crippen molar-refractivity contribution in [3.8, 4) is 0 Å². The molecule has 1 heterocycles. The van der Waals surface area contributed by atoms with Crippen molar-refractivity contribution in [2.45, 2.75) is 13.5 Å². The molecule has 0 unspecified atom stereocenters. The number of anilines is 2. The molecule has 0 saturated carbocycles. The summed E-state index contributed by atoms with van der Waals surface area (Å²) in [5, 5.41) is 7.36. The Balaban J connectivity index is 2.30. The highest BCUT2D eigenvalue weighted by Gasteiger charge is 2.17. The topological polar surface area (TPSA) is 72.9 Å². The molecule has 0 aliphatic heterocycles. The Hall–Kier alpha value is -1.24. The second-order valence-corrected chi connectivity index (χ2v) is 5.72. The van der Waals surface area contributed by atoms with Crippen LogP contribution < -0.4 is 11.1 Å². The molecule has 0 radical (unpaired) electrons. The van der Waals surface area contributed by atoms with Gasteiger partial charge in [-0.15, -0.1) is 0 Å². The Morgan fingerprint density at radius 1 is 1.45 bits per heavy atom. The fourth-order valence-corrected chi connectivity index (χ4v) is 2.91. The summed E-state index contributed by atoms with van der Waals surface area (Å²) in [6, 6.07) is 3.27. The first-order chi connectivity index (χ1) is 9.42. The van der Waals surface area contributed by atoms with E-state index in [-0.39, 0.29) is 5.69 Å². The largest absolute Gasteiger partial charge is 0.396 e. The van der Waals surface area contributed by atoms with Crippen molar-refractivity contribution in [1.29, 1.82) is 0 Å². The Morgan fingerprint density at radius 3 is 2.55 bits per heavy atom. The van der Waals surface area contributed by atoms with Gasteiger partial charge in [-0.25, -0.2) is 0 Å². The maximum Gasteiger partial charge on any atom is 0.278 e. The van der Waals surface area contributed by atoms with Gasteiger partial charge in [0.25, 0.3) is 5.91 Å². The number of nitrogens with two attached hydrogens (primary N) is 1. The van der Waals surface area contributed by atoms with Crippen molar-refractivity contribution in [2.24, 2.45) is 0 Å². The molecule has 1 aromatic heterocycles. The average molecular weight is 378 g/mol. The van der Waals surface area contributed by atoms with E-state index in [1.54, 1.807) is 23.0 Å². The van der Waals surface area contributed by atoms with Gasteiger partial charge in [0.2, 0.25) is 0 Å². The number of aryl methyl sites for hydroxylation is 1. The quantitative estimate of drug-likeness (QED) is 0.854. The van der Waals surface area contributed by atoms with Gasteiger partial charge >= 0.3 is 0 Å². The summed E-state index contributed by atoms with van der Waals surface area (Å²) in [6.07, 6.45) is 1.60.